The van der Waals surface area contributed by atoms with Gasteiger partial charge in [-0.25, -0.2) is 4.79 Å². The Labute approximate surface area is 397 Å². The number of nitrogens with one attached hydrogen (secondary N) is 7. The summed E-state index contributed by atoms with van der Waals surface area (Å²) in [5.41, 5.74) is 22.4. The van der Waals surface area contributed by atoms with Gasteiger partial charge in [0.25, 0.3) is 0 Å². The Hall–Kier alpha value is -6.52. The van der Waals surface area contributed by atoms with Crippen LogP contribution in [0.2, 0.25) is 0 Å². The molecule has 0 saturated heterocycles. The largest absolute Gasteiger partial charge is 0.481 e. The fraction of sp³-hybridized carbons (Fsp3) is 0.707. The van der Waals surface area contributed by atoms with E-state index in [1.165, 1.54) is 6.92 Å². The SMILES string of the molecule is CC[C@H](C)[C@H](NC(=O)[C@H](CCCCN)NC(=O)[C@H](CCCCN)NC(=O)[C@H](CC(N)=O)NC(=O)[C@H](CCC(=O)O)NC(=O)[C@@H](N)[C@@H](C)O)C(=O)N[C@@H](CCC(=O)O)C(=O)N[C@@H](CCC(=O)O)C(=O)O. The van der Waals surface area contributed by atoms with E-state index in [2.05, 4.69) is 37.2 Å². The summed E-state index contributed by atoms with van der Waals surface area (Å²) >= 11 is 0. The molecule has 28 nitrogen and oxygen atoms in total. The predicted octanol–water partition coefficient (Wildman–Crippen LogP) is -5.05. The van der Waals surface area contributed by atoms with Gasteiger partial charge in [0, 0.05) is 19.3 Å². The zero-order chi connectivity index (χ0) is 53.0. The van der Waals surface area contributed by atoms with Crippen molar-refractivity contribution in [3.63, 3.8) is 0 Å². The molecule has 0 radical (unpaired) electrons. The summed E-state index contributed by atoms with van der Waals surface area (Å²) in [6.07, 6.45) is -4.59. The third kappa shape index (κ3) is 25.4. The van der Waals surface area contributed by atoms with Gasteiger partial charge in [0.2, 0.25) is 47.3 Å². The summed E-state index contributed by atoms with van der Waals surface area (Å²) in [6, 6.07) is -12.8. The maximum absolute atomic E-state index is 14.1. The highest BCUT2D eigenvalue weighted by Gasteiger charge is 2.36. The van der Waals surface area contributed by atoms with Gasteiger partial charge in [-0.2, -0.15) is 0 Å². The highest BCUT2D eigenvalue weighted by molar-refractivity contribution is 5.99. The van der Waals surface area contributed by atoms with E-state index in [0.29, 0.717) is 12.8 Å². The molecule has 0 bridgehead atoms. The van der Waals surface area contributed by atoms with Crippen LogP contribution in [0.4, 0.5) is 0 Å². The standard InChI is InChI=1S/C41H71N11O17/c1-4-20(2)33(40(67)49-25(12-15-30(57)58)35(62)50-26(41(68)69)13-16-31(59)60)52-37(64)23(10-6-8-18-43)46-34(61)22(9-5-7-17-42)47-38(65)27(19-28(44)54)51-36(63)24(11-14-29(55)56)48-39(66)32(45)21(3)53/h20-27,32-33,53H,4-19,42-43,45H2,1-3H3,(H2,44,54)(H,46,61)(H,47,65)(H,48,66)(H,49,67)(H,50,62)(H,51,63)(H,52,64)(H,55,56)(H,57,58)(H,59,60)(H,68,69)/t20-,21+,22-,23-,24-,25-,26-,27-,32-,33-/m0/s1. The van der Waals surface area contributed by atoms with Crippen molar-refractivity contribution in [2.75, 3.05) is 13.1 Å². The highest BCUT2D eigenvalue weighted by Crippen LogP contribution is 2.13. The molecule has 10 atom stereocenters. The zero-order valence-corrected chi connectivity index (χ0v) is 39.0. The number of carboxylic acids is 4. The summed E-state index contributed by atoms with van der Waals surface area (Å²) in [6.45, 7) is 4.75. The summed E-state index contributed by atoms with van der Waals surface area (Å²) in [5, 5.41) is 63.2. The average Bonchev–Trinajstić information content (AvgIpc) is 3.27. The van der Waals surface area contributed by atoms with Crippen LogP contribution in [-0.4, -0.2) is 164 Å². The number of carboxylic acid groups (broad SMARTS) is 4. The Kier molecular flexibility index (Phi) is 29.9. The number of rotatable bonds is 37. The second-order valence-electron chi connectivity index (χ2n) is 16.4. The van der Waals surface area contributed by atoms with E-state index in [4.69, 9.17) is 28.0 Å². The molecule has 0 rings (SSSR count). The molecule has 28 heteroatoms. The molecule has 0 unspecified atom stereocenters. The fourth-order valence-corrected chi connectivity index (χ4v) is 6.33. The van der Waals surface area contributed by atoms with E-state index >= 15 is 0 Å². The predicted molar refractivity (Wildman–Crippen MR) is 240 cm³/mol. The molecule has 8 amide bonds. The number of unbranched alkanes of at least 4 members (excludes halogenated alkanes) is 2. The number of nitrogens with two attached hydrogens (primary N) is 4. The van der Waals surface area contributed by atoms with Crippen LogP contribution in [0.5, 0.6) is 0 Å². The molecule has 0 aromatic heterocycles. The minimum absolute atomic E-state index is 0.0772. The maximum Gasteiger partial charge on any atom is 0.326 e. The molecule has 0 aromatic carbocycles. The van der Waals surface area contributed by atoms with Gasteiger partial charge in [-0.3, -0.25) is 52.7 Å². The monoisotopic (exact) mass is 990 g/mol. The second-order valence-corrected chi connectivity index (χ2v) is 16.4. The van der Waals surface area contributed by atoms with Gasteiger partial charge in [0.05, 0.1) is 12.5 Å². The lowest BCUT2D eigenvalue weighted by Crippen LogP contribution is -2.61. The minimum Gasteiger partial charge on any atom is -0.481 e. The second kappa shape index (κ2) is 33.1. The summed E-state index contributed by atoms with van der Waals surface area (Å²) in [7, 11) is 0. The van der Waals surface area contributed by atoms with E-state index in [1.54, 1.807) is 13.8 Å². The topological polar surface area (TPSA) is 494 Å². The first-order valence-electron chi connectivity index (χ1n) is 22.4. The number of carbonyl (C=O) groups is 12. The van der Waals surface area contributed by atoms with Gasteiger partial charge < -0.3 is 85.7 Å². The number of aliphatic carboxylic acids is 4. The molecule has 0 saturated carbocycles. The van der Waals surface area contributed by atoms with Crippen molar-refractivity contribution < 1.29 is 83.1 Å². The number of primary amides is 1. The van der Waals surface area contributed by atoms with E-state index < -0.39 is 176 Å². The van der Waals surface area contributed by atoms with Crippen LogP contribution in [-0.2, 0) is 57.5 Å². The van der Waals surface area contributed by atoms with Crippen LogP contribution in [0.1, 0.15) is 111 Å². The number of carbonyl (C=O) groups excluding carboxylic acids is 8. The van der Waals surface area contributed by atoms with Crippen molar-refractivity contribution in [1.82, 2.24) is 37.2 Å². The van der Waals surface area contributed by atoms with Crippen LogP contribution in [0.25, 0.3) is 0 Å². The van der Waals surface area contributed by atoms with Crippen molar-refractivity contribution in [3.8, 4) is 0 Å². The van der Waals surface area contributed by atoms with Crippen molar-refractivity contribution in [2.45, 2.75) is 165 Å². The Morgan fingerprint density at radius 1 is 0.464 bits per heavy atom. The molecule has 0 heterocycles. The van der Waals surface area contributed by atoms with Crippen LogP contribution in [0.3, 0.4) is 0 Å². The van der Waals surface area contributed by atoms with Gasteiger partial charge in [-0.05, 0) is 83.7 Å². The van der Waals surface area contributed by atoms with E-state index in [0.717, 1.165) is 0 Å². The van der Waals surface area contributed by atoms with Crippen molar-refractivity contribution in [3.05, 3.63) is 0 Å². The lowest BCUT2D eigenvalue weighted by molar-refractivity contribution is -0.144. The number of hydrogen-bond donors (Lipinski definition) is 16. The lowest BCUT2D eigenvalue weighted by Gasteiger charge is -2.29. The first-order chi connectivity index (χ1) is 32.3. The van der Waals surface area contributed by atoms with Gasteiger partial charge in [0.1, 0.15) is 48.3 Å². The smallest absolute Gasteiger partial charge is 0.326 e. The highest BCUT2D eigenvalue weighted by atomic mass is 16.4. The van der Waals surface area contributed by atoms with E-state index in [9.17, 15) is 78.0 Å². The molecule has 0 spiro atoms. The van der Waals surface area contributed by atoms with Crippen molar-refractivity contribution in [1.29, 1.82) is 0 Å². The van der Waals surface area contributed by atoms with E-state index in [1.807, 2.05) is 0 Å². The van der Waals surface area contributed by atoms with Crippen LogP contribution in [0, 0.1) is 5.92 Å². The molecular formula is C41H71N11O17. The lowest BCUT2D eigenvalue weighted by atomic mass is 9.96. The molecule has 392 valence electrons. The Morgan fingerprint density at radius 3 is 1.16 bits per heavy atom. The summed E-state index contributed by atoms with van der Waals surface area (Å²) < 4.78 is 0. The number of amides is 8. The quantitative estimate of drug-likeness (QED) is 0.0259. The Balaban J connectivity index is 6.75. The molecule has 20 N–H and O–H groups in total. The molecular weight excluding hydrogens is 919 g/mol. The minimum atomic E-state index is -1.81. The van der Waals surface area contributed by atoms with E-state index in [-0.39, 0.29) is 45.2 Å². The van der Waals surface area contributed by atoms with Gasteiger partial charge in [-0.1, -0.05) is 20.3 Å². The average molecular weight is 990 g/mol. The molecule has 0 aromatic rings. The summed E-state index contributed by atoms with van der Waals surface area (Å²) in [4.78, 5) is 153. The zero-order valence-electron chi connectivity index (χ0n) is 39.0. The van der Waals surface area contributed by atoms with Crippen LogP contribution >= 0.6 is 0 Å². The third-order valence-electron chi connectivity index (χ3n) is 10.6. The molecule has 0 aliphatic carbocycles. The molecule has 0 fully saturated rings. The van der Waals surface area contributed by atoms with Gasteiger partial charge in [0.15, 0.2) is 0 Å². The van der Waals surface area contributed by atoms with Crippen LogP contribution in [0.15, 0.2) is 0 Å². The third-order valence-corrected chi connectivity index (χ3v) is 10.6. The molecule has 0 aliphatic rings. The summed E-state index contributed by atoms with van der Waals surface area (Å²) in [5.74, 6) is -14.9. The number of aliphatic hydroxyl groups is 1. The fourth-order valence-electron chi connectivity index (χ4n) is 6.33. The Morgan fingerprint density at radius 2 is 0.797 bits per heavy atom. The first kappa shape index (κ1) is 62.5. The van der Waals surface area contributed by atoms with Crippen LogP contribution < -0.4 is 60.2 Å². The van der Waals surface area contributed by atoms with Crippen molar-refractivity contribution in [2.24, 2.45) is 28.9 Å². The molecule has 69 heavy (non-hydrogen) atoms. The Bertz CT molecular complexity index is 1790. The van der Waals surface area contributed by atoms with Crippen molar-refractivity contribution >= 4 is 71.1 Å². The molecule has 0 aliphatic heterocycles. The number of hydrogen-bond acceptors (Lipinski definition) is 16. The normalized spacial score (nSPS) is 15.3. The number of aliphatic hydroxyl groups excluding tert-OH is 1. The first-order valence-corrected chi connectivity index (χ1v) is 22.4. The van der Waals surface area contributed by atoms with Gasteiger partial charge >= 0.3 is 23.9 Å². The van der Waals surface area contributed by atoms with Gasteiger partial charge in [-0.15, -0.1) is 0 Å². The maximum atomic E-state index is 14.1.